The number of carbonyl (C=O) groups excluding carboxylic acids is 2. The minimum atomic E-state index is -0.599. The van der Waals surface area contributed by atoms with Crippen molar-refractivity contribution >= 4 is 28.9 Å². The van der Waals surface area contributed by atoms with E-state index in [-0.39, 0.29) is 6.04 Å². The maximum absolute atomic E-state index is 13.6. The number of nitrogen functional groups attached to an aromatic ring is 1. The van der Waals surface area contributed by atoms with E-state index >= 15 is 0 Å². The van der Waals surface area contributed by atoms with Crippen LogP contribution in [0.4, 0.5) is 17.1 Å². The predicted octanol–water partition coefficient (Wildman–Crippen LogP) is 3.44. The summed E-state index contributed by atoms with van der Waals surface area (Å²) in [6.45, 7) is 7.87. The average molecular weight is 395 g/mol. The third kappa shape index (κ3) is 4.12. The lowest BCUT2D eigenvalue weighted by atomic mass is 9.77. The number of amides is 2. The summed E-state index contributed by atoms with van der Waals surface area (Å²) in [4.78, 5) is 30.3. The Morgan fingerprint density at radius 1 is 0.897 bits per heavy atom. The van der Waals surface area contributed by atoms with Gasteiger partial charge in [-0.15, -0.1) is 0 Å². The molecule has 1 aliphatic heterocycles. The van der Waals surface area contributed by atoms with Gasteiger partial charge in [0, 0.05) is 34.2 Å². The molecular weight excluding hydrogens is 364 g/mol. The molecule has 0 spiro atoms. The summed E-state index contributed by atoms with van der Waals surface area (Å²) in [5, 5.41) is 0. The molecule has 6 nitrogen and oxygen atoms in total. The fourth-order valence-electron chi connectivity index (χ4n) is 4.68. The summed E-state index contributed by atoms with van der Waals surface area (Å²) in [6, 6.07) is 16.1. The number of nitrogens with two attached hydrogens (primary N) is 2. The van der Waals surface area contributed by atoms with E-state index in [0.29, 0.717) is 29.9 Å². The number of hydrogen-bond donors (Lipinski definition) is 2. The van der Waals surface area contributed by atoms with Crippen LogP contribution in [0.25, 0.3) is 0 Å². The molecule has 0 saturated carbocycles. The molecule has 154 valence electrons. The molecule has 1 saturated heterocycles. The fraction of sp³-hybridized carbons (Fsp3) is 0.391. The molecule has 1 fully saturated rings. The molecule has 0 atom stereocenters. The first-order chi connectivity index (χ1) is 13.5. The maximum Gasteiger partial charge on any atom is 0.321 e. The topological polar surface area (TPSA) is 92.7 Å². The number of likely N-dealkylation sites (tertiary alicyclic amines) is 1. The van der Waals surface area contributed by atoms with Gasteiger partial charge >= 0.3 is 11.8 Å². The number of carbonyl (C=O) groups is 2. The minimum Gasteiger partial charge on any atom is -0.399 e. The monoisotopic (exact) mass is 394 g/mol. The van der Waals surface area contributed by atoms with Gasteiger partial charge in [0.05, 0.1) is 0 Å². The molecule has 2 aromatic rings. The molecule has 0 bridgehead atoms. The van der Waals surface area contributed by atoms with Gasteiger partial charge in [-0.3, -0.25) is 14.5 Å². The quantitative estimate of drug-likeness (QED) is 0.603. The molecule has 0 unspecified atom stereocenters. The Kier molecular flexibility index (Phi) is 5.41. The van der Waals surface area contributed by atoms with Crippen molar-refractivity contribution in [2.45, 2.75) is 57.7 Å². The Hall–Kier alpha value is -2.86. The van der Waals surface area contributed by atoms with Crippen molar-refractivity contribution < 1.29 is 9.59 Å². The number of para-hydroxylation sites is 1. The van der Waals surface area contributed by atoms with Crippen LogP contribution in [-0.4, -0.2) is 33.8 Å². The molecule has 3 rings (SSSR count). The Balaban J connectivity index is 2.03. The lowest BCUT2D eigenvalue weighted by Gasteiger charge is -2.54. The van der Waals surface area contributed by atoms with Crippen LogP contribution in [0.15, 0.2) is 54.6 Å². The summed E-state index contributed by atoms with van der Waals surface area (Å²) in [5.41, 5.74) is 12.8. The predicted molar refractivity (Wildman–Crippen MR) is 117 cm³/mol. The van der Waals surface area contributed by atoms with Crippen molar-refractivity contribution in [3.05, 3.63) is 54.6 Å². The molecule has 1 heterocycles. The molecule has 4 N–H and O–H groups in total. The number of anilines is 3. The van der Waals surface area contributed by atoms with E-state index in [1.807, 2.05) is 58.0 Å². The van der Waals surface area contributed by atoms with Crippen LogP contribution in [0, 0.1) is 0 Å². The van der Waals surface area contributed by atoms with Crippen LogP contribution >= 0.6 is 0 Å². The van der Waals surface area contributed by atoms with Crippen molar-refractivity contribution in [1.29, 1.82) is 0 Å². The van der Waals surface area contributed by atoms with E-state index in [1.54, 1.807) is 29.2 Å². The first-order valence-electron chi connectivity index (χ1n) is 9.88. The van der Waals surface area contributed by atoms with Crippen molar-refractivity contribution in [3.8, 4) is 0 Å². The summed E-state index contributed by atoms with van der Waals surface area (Å²) < 4.78 is 0. The second-order valence-corrected chi connectivity index (χ2v) is 9.00. The zero-order valence-corrected chi connectivity index (χ0v) is 17.6. The molecule has 0 radical (unpaired) electrons. The Morgan fingerprint density at radius 3 is 1.90 bits per heavy atom. The highest BCUT2D eigenvalue weighted by Gasteiger charge is 2.49. The second kappa shape index (κ2) is 7.52. The maximum atomic E-state index is 13.6. The first kappa shape index (κ1) is 20.9. The number of benzene rings is 2. The molecule has 6 heteroatoms. The molecule has 2 amide bonds. The number of rotatable bonds is 2. The summed E-state index contributed by atoms with van der Waals surface area (Å²) in [7, 11) is 0. The largest absolute Gasteiger partial charge is 0.399 e. The lowest BCUT2D eigenvalue weighted by molar-refractivity contribution is -0.157. The van der Waals surface area contributed by atoms with Gasteiger partial charge in [0.2, 0.25) is 0 Å². The zero-order chi connectivity index (χ0) is 21.4. The standard InChI is InChI=1S/C23H30N4O2/c1-22(2)14-17(25)15-23(3,4)27(22)21(29)20(28)26(18-8-6-5-7-9-18)19-12-10-16(24)11-13-19/h5-13,17H,14-15,24-25H2,1-4H3. The highest BCUT2D eigenvalue weighted by Crippen LogP contribution is 2.38. The van der Waals surface area contributed by atoms with Crippen molar-refractivity contribution in [3.63, 3.8) is 0 Å². The normalized spacial score (nSPS) is 18.3. The molecule has 0 aromatic heterocycles. The van der Waals surface area contributed by atoms with Crippen molar-refractivity contribution in [1.82, 2.24) is 4.90 Å². The van der Waals surface area contributed by atoms with Crippen LogP contribution in [0.2, 0.25) is 0 Å². The van der Waals surface area contributed by atoms with E-state index in [4.69, 9.17) is 11.5 Å². The molecule has 1 aliphatic rings. The highest BCUT2D eigenvalue weighted by atomic mass is 16.2. The first-order valence-corrected chi connectivity index (χ1v) is 9.88. The third-order valence-corrected chi connectivity index (χ3v) is 5.49. The lowest BCUT2D eigenvalue weighted by Crippen LogP contribution is -2.67. The SMILES string of the molecule is CC1(C)CC(N)CC(C)(C)N1C(=O)C(=O)N(c1ccccc1)c1ccc(N)cc1. The van der Waals surface area contributed by atoms with Gasteiger partial charge in [-0.1, -0.05) is 18.2 Å². The van der Waals surface area contributed by atoms with Crippen molar-refractivity contribution in [2.24, 2.45) is 5.73 Å². The third-order valence-electron chi connectivity index (χ3n) is 5.49. The van der Waals surface area contributed by atoms with Crippen LogP contribution in [0.1, 0.15) is 40.5 Å². The van der Waals surface area contributed by atoms with E-state index in [2.05, 4.69) is 0 Å². The van der Waals surface area contributed by atoms with E-state index in [1.165, 1.54) is 4.90 Å². The molecule has 0 aliphatic carbocycles. The summed E-state index contributed by atoms with van der Waals surface area (Å²) in [5.74, 6) is -1.13. The number of piperidine rings is 1. The summed E-state index contributed by atoms with van der Waals surface area (Å²) >= 11 is 0. The Bertz CT molecular complexity index is 873. The molecule has 29 heavy (non-hydrogen) atoms. The zero-order valence-electron chi connectivity index (χ0n) is 17.6. The minimum absolute atomic E-state index is 0.0125. The van der Waals surface area contributed by atoms with Crippen LogP contribution in [0.5, 0.6) is 0 Å². The van der Waals surface area contributed by atoms with Crippen LogP contribution < -0.4 is 16.4 Å². The van der Waals surface area contributed by atoms with Crippen LogP contribution in [-0.2, 0) is 9.59 Å². The van der Waals surface area contributed by atoms with E-state index in [9.17, 15) is 9.59 Å². The van der Waals surface area contributed by atoms with Gasteiger partial charge in [-0.25, -0.2) is 0 Å². The molecular formula is C23H30N4O2. The highest BCUT2D eigenvalue weighted by molar-refractivity contribution is 6.42. The average Bonchev–Trinajstić information content (AvgIpc) is 2.61. The Labute approximate surface area is 172 Å². The van der Waals surface area contributed by atoms with Crippen molar-refractivity contribution in [2.75, 3.05) is 10.6 Å². The van der Waals surface area contributed by atoms with E-state index < -0.39 is 22.9 Å². The van der Waals surface area contributed by atoms with E-state index in [0.717, 1.165) is 0 Å². The van der Waals surface area contributed by atoms with Gasteiger partial charge in [0.15, 0.2) is 0 Å². The Morgan fingerprint density at radius 2 is 1.38 bits per heavy atom. The summed E-state index contributed by atoms with van der Waals surface area (Å²) in [6.07, 6.45) is 1.28. The van der Waals surface area contributed by atoms with Gasteiger partial charge in [-0.2, -0.15) is 0 Å². The smallest absolute Gasteiger partial charge is 0.321 e. The number of hydrogen-bond acceptors (Lipinski definition) is 4. The van der Waals surface area contributed by atoms with Gasteiger partial charge in [0.25, 0.3) is 0 Å². The number of nitrogens with zero attached hydrogens (tertiary/aromatic N) is 2. The van der Waals surface area contributed by atoms with Crippen LogP contribution in [0.3, 0.4) is 0 Å². The van der Waals surface area contributed by atoms with Gasteiger partial charge in [0.1, 0.15) is 0 Å². The van der Waals surface area contributed by atoms with Gasteiger partial charge in [-0.05, 0) is 76.9 Å². The second-order valence-electron chi connectivity index (χ2n) is 9.00. The molecule has 2 aromatic carbocycles. The van der Waals surface area contributed by atoms with Gasteiger partial charge < -0.3 is 16.4 Å². The fourth-order valence-corrected chi connectivity index (χ4v) is 4.68.